The molecule has 0 amide bonds. The molecular weight excluding hydrogens is 276 g/mol. The van der Waals surface area contributed by atoms with Gasteiger partial charge < -0.3 is 0 Å². The number of sulfone groups is 1. The fraction of sp³-hybridized carbons (Fsp3) is 0.333. The smallest absolute Gasteiger partial charge is 0.195 e. The second-order valence-electron chi connectivity index (χ2n) is 5.33. The predicted octanol–water partition coefficient (Wildman–Crippen LogP) is 1.71. The Kier molecular flexibility index (Phi) is 2.73. The standard InChI is InChI=1S/C15H14O4S/c1-10-9-13(16)12-7-8-15(10,14(12)17)20(18,19)11-5-3-2-4-6-11/h2-6,9,12H,7-8H2,1H3. The molecule has 20 heavy (non-hydrogen) atoms. The fourth-order valence-electron chi connectivity index (χ4n) is 3.26. The van der Waals surface area contributed by atoms with Gasteiger partial charge >= 0.3 is 0 Å². The molecule has 1 fully saturated rings. The number of carbonyl (C=O) groups excluding carboxylic acids is 2. The summed E-state index contributed by atoms with van der Waals surface area (Å²) in [7, 11) is -3.82. The van der Waals surface area contributed by atoms with Gasteiger partial charge in [-0.3, -0.25) is 9.59 Å². The summed E-state index contributed by atoms with van der Waals surface area (Å²) >= 11 is 0. The van der Waals surface area contributed by atoms with Crippen molar-refractivity contribution >= 4 is 21.4 Å². The molecule has 0 aliphatic heterocycles. The van der Waals surface area contributed by atoms with Crippen molar-refractivity contribution in [2.24, 2.45) is 5.92 Å². The number of rotatable bonds is 2. The van der Waals surface area contributed by atoms with E-state index < -0.39 is 26.3 Å². The van der Waals surface area contributed by atoms with E-state index in [2.05, 4.69) is 0 Å². The Balaban J connectivity index is 2.25. The summed E-state index contributed by atoms with van der Waals surface area (Å²) < 4.78 is 24.3. The molecule has 2 aliphatic rings. The summed E-state index contributed by atoms with van der Waals surface area (Å²) in [6.07, 6.45) is 1.85. The van der Waals surface area contributed by atoms with Gasteiger partial charge in [0, 0.05) is 0 Å². The summed E-state index contributed by atoms with van der Waals surface area (Å²) in [5.74, 6) is -1.49. The van der Waals surface area contributed by atoms with Crippen LogP contribution < -0.4 is 0 Å². The lowest BCUT2D eigenvalue weighted by Gasteiger charge is -2.31. The molecule has 1 saturated carbocycles. The summed E-state index contributed by atoms with van der Waals surface area (Å²) in [6, 6.07) is 7.98. The second-order valence-corrected chi connectivity index (χ2v) is 7.50. The highest BCUT2D eigenvalue weighted by atomic mass is 32.2. The Morgan fingerprint density at radius 3 is 2.45 bits per heavy atom. The minimum absolute atomic E-state index is 0.135. The third-order valence-electron chi connectivity index (χ3n) is 4.35. The number of ketones is 2. The van der Waals surface area contributed by atoms with E-state index in [1.165, 1.54) is 18.2 Å². The first-order valence-electron chi connectivity index (χ1n) is 6.48. The Labute approximate surface area is 117 Å². The van der Waals surface area contributed by atoms with Crippen molar-refractivity contribution in [3.8, 4) is 0 Å². The molecule has 1 aromatic rings. The molecule has 0 saturated heterocycles. The average molecular weight is 290 g/mol. The molecule has 2 unspecified atom stereocenters. The van der Waals surface area contributed by atoms with Crippen LogP contribution in [0.4, 0.5) is 0 Å². The average Bonchev–Trinajstić information content (AvgIpc) is 2.71. The summed E-state index contributed by atoms with van der Waals surface area (Å²) in [5.41, 5.74) is 0.352. The summed E-state index contributed by atoms with van der Waals surface area (Å²) in [4.78, 5) is 24.4. The van der Waals surface area contributed by atoms with E-state index in [0.29, 0.717) is 12.0 Å². The Hall–Kier alpha value is -1.75. The largest absolute Gasteiger partial charge is 0.297 e. The number of carbonyl (C=O) groups is 2. The Morgan fingerprint density at radius 2 is 1.80 bits per heavy atom. The van der Waals surface area contributed by atoms with Crippen molar-refractivity contribution < 1.29 is 18.0 Å². The first-order chi connectivity index (χ1) is 9.41. The molecule has 2 atom stereocenters. The number of allylic oxidation sites excluding steroid dienone is 1. The van der Waals surface area contributed by atoms with E-state index in [1.807, 2.05) is 0 Å². The van der Waals surface area contributed by atoms with Gasteiger partial charge in [0.2, 0.25) is 0 Å². The van der Waals surface area contributed by atoms with Crippen molar-refractivity contribution in [1.82, 2.24) is 0 Å². The number of Topliss-reactive ketones (excluding diaryl/α,β-unsaturated/α-hetero) is 1. The first kappa shape index (κ1) is 13.2. The topological polar surface area (TPSA) is 68.3 Å². The molecule has 2 aliphatic carbocycles. The zero-order valence-electron chi connectivity index (χ0n) is 11.0. The van der Waals surface area contributed by atoms with E-state index in [-0.39, 0.29) is 17.1 Å². The molecule has 0 aromatic heterocycles. The number of benzene rings is 1. The zero-order chi connectivity index (χ0) is 14.5. The van der Waals surface area contributed by atoms with Gasteiger partial charge in [0.25, 0.3) is 0 Å². The zero-order valence-corrected chi connectivity index (χ0v) is 11.8. The Morgan fingerprint density at radius 1 is 1.15 bits per heavy atom. The van der Waals surface area contributed by atoms with Crippen molar-refractivity contribution in [1.29, 1.82) is 0 Å². The van der Waals surface area contributed by atoms with Crippen LogP contribution in [0.1, 0.15) is 19.8 Å². The number of hydrogen-bond donors (Lipinski definition) is 0. The van der Waals surface area contributed by atoms with Crippen LogP contribution in [0, 0.1) is 5.92 Å². The maximum Gasteiger partial charge on any atom is 0.195 e. The highest BCUT2D eigenvalue weighted by Crippen LogP contribution is 2.48. The molecule has 1 aromatic carbocycles. The van der Waals surface area contributed by atoms with Crippen LogP contribution in [-0.2, 0) is 19.4 Å². The molecular formula is C15H14O4S. The van der Waals surface area contributed by atoms with E-state index in [1.54, 1.807) is 25.1 Å². The van der Waals surface area contributed by atoms with Gasteiger partial charge in [0.1, 0.15) is 0 Å². The van der Waals surface area contributed by atoms with Crippen molar-refractivity contribution in [2.45, 2.75) is 29.4 Å². The molecule has 0 radical (unpaired) electrons. The lowest BCUT2D eigenvalue weighted by molar-refractivity contribution is -0.129. The lowest BCUT2D eigenvalue weighted by atomic mass is 9.86. The van der Waals surface area contributed by atoms with Crippen LogP contribution in [0.5, 0.6) is 0 Å². The highest BCUT2D eigenvalue weighted by Gasteiger charge is 2.61. The molecule has 5 heteroatoms. The van der Waals surface area contributed by atoms with Crippen LogP contribution in [0.25, 0.3) is 0 Å². The molecule has 0 spiro atoms. The Bertz CT molecular complexity index is 730. The van der Waals surface area contributed by atoms with Gasteiger partial charge in [-0.05, 0) is 43.5 Å². The van der Waals surface area contributed by atoms with E-state index in [4.69, 9.17) is 0 Å². The minimum Gasteiger partial charge on any atom is -0.297 e. The molecule has 104 valence electrons. The van der Waals surface area contributed by atoms with Gasteiger partial charge in [-0.2, -0.15) is 0 Å². The first-order valence-corrected chi connectivity index (χ1v) is 7.96. The van der Waals surface area contributed by atoms with Gasteiger partial charge in [-0.25, -0.2) is 8.42 Å². The second kappa shape index (κ2) is 4.12. The number of fused-ring (bicyclic) bond motifs is 2. The lowest BCUT2D eigenvalue weighted by Crippen LogP contribution is -2.48. The van der Waals surface area contributed by atoms with Gasteiger partial charge in [-0.15, -0.1) is 0 Å². The van der Waals surface area contributed by atoms with Crippen molar-refractivity contribution in [3.05, 3.63) is 42.0 Å². The van der Waals surface area contributed by atoms with Gasteiger partial charge in [0.05, 0.1) is 10.8 Å². The highest BCUT2D eigenvalue weighted by molar-refractivity contribution is 7.94. The quantitative estimate of drug-likeness (QED) is 0.778. The molecule has 2 bridgehead atoms. The van der Waals surface area contributed by atoms with Gasteiger partial charge in [0.15, 0.2) is 26.2 Å². The van der Waals surface area contributed by atoms with Crippen LogP contribution in [0.15, 0.2) is 46.9 Å². The third-order valence-corrected chi connectivity index (χ3v) is 6.89. The molecule has 3 rings (SSSR count). The SMILES string of the molecule is CC1=CC(=O)C2CCC1(S(=O)(=O)c1ccccc1)C2=O. The normalized spacial score (nSPS) is 29.4. The minimum atomic E-state index is -3.82. The van der Waals surface area contributed by atoms with E-state index in [0.717, 1.165) is 0 Å². The maximum atomic E-state index is 12.9. The van der Waals surface area contributed by atoms with Crippen LogP contribution >= 0.6 is 0 Å². The fourth-order valence-corrected chi connectivity index (χ4v) is 5.45. The van der Waals surface area contributed by atoms with Crippen LogP contribution in [-0.4, -0.2) is 24.7 Å². The van der Waals surface area contributed by atoms with Gasteiger partial charge in [-0.1, -0.05) is 18.2 Å². The van der Waals surface area contributed by atoms with E-state index >= 15 is 0 Å². The molecule has 0 N–H and O–H groups in total. The third kappa shape index (κ3) is 1.44. The number of hydrogen-bond acceptors (Lipinski definition) is 4. The van der Waals surface area contributed by atoms with Crippen molar-refractivity contribution in [3.63, 3.8) is 0 Å². The summed E-state index contributed by atoms with van der Waals surface area (Å²) in [6.45, 7) is 1.57. The van der Waals surface area contributed by atoms with Crippen LogP contribution in [0.2, 0.25) is 0 Å². The van der Waals surface area contributed by atoms with Crippen LogP contribution in [0.3, 0.4) is 0 Å². The monoisotopic (exact) mass is 290 g/mol. The maximum absolute atomic E-state index is 12.9. The molecule has 4 nitrogen and oxygen atoms in total. The summed E-state index contributed by atoms with van der Waals surface area (Å²) in [5, 5.41) is 0. The molecule has 0 heterocycles. The predicted molar refractivity (Wildman–Crippen MR) is 72.9 cm³/mol. The van der Waals surface area contributed by atoms with Crippen molar-refractivity contribution in [2.75, 3.05) is 0 Å². The van der Waals surface area contributed by atoms with E-state index in [9.17, 15) is 18.0 Å².